The van der Waals surface area contributed by atoms with Gasteiger partial charge < -0.3 is 10.3 Å². The molecular formula is C12H20F3N5. The van der Waals surface area contributed by atoms with Crippen molar-refractivity contribution in [1.82, 2.24) is 19.4 Å². The third-order valence-electron chi connectivity index (χ3n) is 3.67. The van der Waals surface area contributed by atoms with Crippen LogP contribution >= 0.6 is 0 Å². The first kappa shape index (κ1) is 15.3. The van der Waals surface area contributed by atoms with Gasteiger partial charge in [0, 0.05) is 46.0 Å². The largest absolute Gasteiger partial charge is 0.401 e. The molecule has 1 atom stereocenters. The van der Waals surface area contributed by atoms with E-state index in [9.17, 15) is 13.2 Å². The van der Waals surface area contributed by atoms with Crippen LogP contribution in [0.15, 0.2) is 12.5 Å². The number of nitrogens with zero attached hydrogens (tertiary/aromatic N) is 4. The van der Waals surface area contributed by atoms with Crippen molar-refractivity contribution in [2.45, 2.75) is 12.2 Å². The lowest BCUT2D eigenvalue weighted by Gasteiger charge is -2.39. The zero-order valence-electron chi connectivity index (χ0n) is 11.5. The molecule has 8 heteroatoms. The Hall–Kier alpha value is -1.12. The van der Waals surface area contributed by atoms with Gasteiger partial charge in [0.15, 0.2) is 0 Å². The van der Waals surface area contributed by atoms with Gasteiger partial charge in [-0.05, 0) is 0 Å². The molecule has 114 valence electrons. The van der Waals surface area contributed by atoms with E-state index in [4.69, 9.17) is 5.73 Å². The van der Waals surface area contributed by atoms with Crippen molar-refractivity contribution in [1.29, 1.82) is 0 Å². The first-order valence-electron chi connectivity index (χ1n) is 6.60. The molecule has 0 radical (unpaired) electrons. The van der Waals surface area contributed by atoms with Crippen LogP contribution in [0.3, 0.4) is 0 Å². The predicted octanol–water partition coefficient (Wildman–Crippen LogP) is 0.600. The molecule has 0 aliphatic carbocycles. The van der Waals surface area contributed by atoms with E-state index in [1.165, 1.54) is 4.90 Å². The van der Waals surface area contributed by atoms with Crippen LogP contribution in [-0.2, 0) is 7.05 Å². The number of aromatic nitrogens is 2. The van der Waals surface area contributed by atoms with Gasteiger partial charge in [0.2, 0.25) is 0 Å². The van der Waals surface area contributed by atoms with E-state index in [0.29, 0.717) is 32.7 Å². The summed E-state index contributed by atoms with van der Waals surface area (Å²) in [4.78, 5) is 7.64. The highest BCUT2D eigenvalue weighted by Crippen LogP contribution is 2.22. The molecule has 0 bridgehead atoms. The van der Waals surface area contributed by atoms with Gasteiger partial charge in [0.25, 0.3) is 0 Å². The molecule has 0 spiro atoms. The summed E-state index contributed by atoms with van der Waals surface area (Å²) in [5.41, 5.74) is 6.82. The summed E-state index contributed by atoms with van der Waals surface area (Å²) in [6, 6.07) is 0.00976. The van der Waals surface area contributed by atoms with E-state index in [1.54, 1.807) is 12.5 Å². The second kappa shape index (κ2) is 6.11. The van der Waals surface area contributed by atoms with E-state index >= 15 is 0 Å². The van der Waals surface area contributed by atoms with E-state index in [0.717, 1.165) is 5.69 Å². The molecule has 2 N–H and O–H groups in total. The summed E-state index contributed by atoms with van der Waals surface area (Å²) in [5, 5.41) is 0. The quantitative estimate of drug-likeness (QED) is 0.882. The molecule has 1 fully saturated rings. The smallest absolute Gasteiger partial charge is 0.336 e. The van der Waals surface area contributed by atoms with Crippen molar-refractivity contribution < 1.29 is 13.2 Å². The molecule has 1 aromatic heterocycles. The van der Waals surface area contributed by atoms with Gasteiger partial charge in [0.05, 0.1) is 24.6 Å². The van der Waals surface area contributed by atoms with Crippen LogP contribution in [0.2, 0.25) is 0 Å². The standard InChI is InChI=1S/C12H20F3N5/c1-18-9-17-7-11(18)10(6-16)20-4-2-19(3-5-20)8-12(13,14)15/h7,9-10H,2-6,8,16H2,1H3. The van der Waals surface area contributed by atoms with Crippen LogP contribution < -0.4 is 5.73 Å². The maximum atomic E-state index is 12.4. The molecule has 0 aromatic carbocycles. The zero-order chi connectivity index (χ0) is 14.8. The minimum absolute atomic E-state index is 0.00976. The number of halogens is 3. The Morgan fingerprint density at radius 2 is 1.95 bits per heavy atom. The number of piperazine rings is 1. The number of hydrogen-bond acceptors (Lipinski definition) is 4. The Balaban J connectivity index is 1.94. The van der Waals surface area contributed by atoms with Crippen molar-refractivity contribution >= 4 is 0 Å². The van der Waals surface area contributed by atoms with Crippen LogP contribution in [0, 0.1) is 0 Å². The summed E-state index contributed by atoms with van der Waals surface area (Å²) < 4.78 is 39.0. The van der Waals surface area contributed by atoms with Crippen LogP contribution in [-0.4, -0.2) is 64.8 Å². The summed E-state index contributed by atoms with van der Waals surface area (Å²) in [7, 11) is 1.89. The molecule has 2 heterocycles. The summed E-state index contributed by atoms with van der Waals surface area (Å²) in [5.74, 6) is 0. The average molecular weight is 291 g/mol. The Bertz CT molecular complexity index is 423. The SMILES string of the molecule is Cn1cncc1C(CN)N1CCN(CC(F)(F)F)CC1. The Morgan fingerprint density at radius 3 is 2.40 bits per heavy atom. The van der Waals surface area contributed by atoms with E-state index in [-0.39, 0.29) is 6.04 Å². The van der Waals surface area contributed by atoms with Gasteiger partial charge in [-0.25, -0.2) is 4.98 Å². The fourth-order valence-corrected chi connectivity index (χ4v) is 2.63. The minimum atomic E-state index is -4.13. The number of hydrogen-bond donors (Lipinski definition) is 1. The second-order valence-electron chi connectivity index (χ2n) is 5.11. The lowest BCUT2D eigenvalue weighted by Crippen LogP contribution is -2.51. The molecular weight excluding hydrogens is 271 g/mol. The minimum Gasteiger partial charge on any atom is -0.336 e. The lowest BCUT2D eigenvalue weighted by molar-refractivity contribution is -0.149. The molecule has 1 aliphatic rings. The van der Waals surface area contributed by atoms with Gasteiger partial charge >= 0.3 is 6.18 Å². The number of imidazole rings is 1. The van der Waals surface area contributed by atoms with E-state index in [1.807, 2.05) is 11.6 Å². The van der Waals surface area contributed by atoms with Crippen molar-refractivity contribution in [3.8, 4) is 0 Å². The van der Waals surface area contributed by atoms with Gasteiger partial charge in [-0.1, -0.05) is 0 Å². The Morgan fingerprint density at radius 1 is 1.30 bits per heavy atom. The molecule has 0 amide bonds. The van der Waals surface area contributed by atoms with E-state index < -0.39 is 12.7 Å². The highest BCUT2D eigenvalue weighted by molar-refractivity contribution is 5.06. The van der Waals surface area contributed by atoms with Gasteiger partial charge in [-0.15, -0.1) is 0 Å². The monoisotopic (exact) mass is 291 g/mol. The van der Waals surface area contributed by atoms with Crippen LogP contribution in [0.5, 0.6) is 0 Å². The molecule has 2 rings (SSSR count). The number of alkyl halides is 3. The molecule has 1 unspecified atom stereocenters. The number of aryl methyl sites for hydroxylation is 1. The topological polar surface area (TPSA) is 50.3 Å². The highest BCUT2D eigenvalue weighted by atomic mass is 19.4. The fraction of sp³-hybridized carbons (Fsp3) is 0.750. The van der Waals surface area contributed by atoms with Crippen molar-refractivity contribution in [2.75, 3.05) is 39.3 Å². The zero-order valence-corrected chi connectivity index (χ0v) is 11.5. The van der Waals surface area contributed by atoms with Gasteiger partial charge in [0.1, 0.15) is 0 Å². The molecule has 1 aromatic rings. The average Bonchev–Trinajstić information content (AvgIpc) is 2.77. The van der Waals surface area contributed by atoms with Crippen LogP contribution in [0.1, 0.15) is 11.7 Å². The maximum absolute atomic E-state index is 12.4. The Kier molecular flexibility index (Phi) is 4.66. The molecule has 1 saturated heterocycles. The lowest BCUT2D eigenvalue weighted by atomic mass is 10.1. The van der Waals surface area contributed by atoms with Gasteiger partial charge in [-0.3, -0.25) is 9.80 Å². The third-order valence-corrected chi connectivity index (χ3v) is 3.67. The van der Waals surface area contributed by atoms with Crippen molar-refractivity contribution in [3.63, 3.8) is 0 Å². The Labute approximate surface area is 116 Å². The second-order valence-corrected chi connectivity index (χ2v) is 5.11. The molecule has 0 saturated carbocycles. The van der Waals surface area contributed by atoms with Crippen LogP contribution in [0.4, 0.5) is 13.2 Å². The highest BCUT2D eigenvalue weighted by Gasteiger charge is 2.33. The summed E-state index contributed by atoms with van der Waals surface area (Å²) in [6.45, 7) is 1.59. The maximum Gasteiger partial charge on any atom is 0.401 e. The summed E-state index contributed by atoms with van der Waals surface area (Å²) in [6.07, 6.45) is -0.658. The molecule has 5 nitrogen and oxygen atoms in total. The molecule has 20 heavy (non-hydrogen) atoms. The first-order chi connectivity index (χ1) is 9.40. The number of rotatable bonds is 4. The van der Waals surface area contributed by atoms with Crippen molar-refractivity contribution in [2.24, 2.45) is 12.8 Å². The third kappa shape index (κ3) is 3.71. The molecule has 1 aliphatic heterocycles. The van der Waals surface area contributed by atoms with E-state index in [2.05, 4.69) is 9.88 Å². The predicted molar refractivity (Wildman–Crippen MR) is 69.1 cm³/mol. The van der Waals surface area contributed by atoms with Crippen molar-refractivity contribution in [3.05, 3.63) is 18.2 Å². The normalized spacial score (nSPS) is 20.2. The fourth-order valence-electron chi connectivity index (χ4n) is 2.63. The number of nitrogens with two attached hydrogens (primary N) is 1. The first-order valence-corrected chi connectivity index (χ1v) is 6.60. The summed E-state index contributed by atoms with van der Waals surface area (Å²) >= 11 is 0. The van der Waals surface area contributed by atoms with Crippen LogP contribution in [0.25, 0.3) is 0 Å². The van der Waals surface area contributed by atoms with Gasteiger partial charge in [-0.2, -0.15) is 13.2 Å².